The number of hydrogen-bond acceptors (Lipinski definition) is 3. The van der Waals surface area contributed by atoms with Crippen LogP contribution in [0.5, 0.6) is 0 Å². The van der Waals surface area contributed by atoms with Crippen molar-refractivity contribution < 1.29 is 13.2 Å². The SMILES string of the molecule is CCC[C@@H](C(=O)Nc1cccc(S(=O)(=O)NC(C)(C)C)c1)c1ccccc1. The molecule has 5 nitrogen and oxygen atoms in total. The monoisotopic (exact) mass is 388 g/mol. The second kappa shape index (κ2) is 8.67. The lowest BCUT2D eigenvalue weighted by Gasteiger charge is -2.21. The van der Waals surface area contributed by atoms with Gasteiger partial charge < -0.3 is 5.32 Å². The molecule has 6 heteroatoms. The Morgan fingerprint density at radius 1 is 1.04 bits per heavy atom. The van der Waals surface area contributed by atoms with E-state index in [0.717, 1.165) is 18.4 Å². The molecule has 2 aromatic rings. The molecule has 146 valence electrons. The average molecular weight is 389 g/mol. The van der Waals surface area contributed by atoms with Gasteiger partial charge in [0, 0.05) is 11.2 Å². The zero-order chi connectivity index (χ0) is 20.1. The number of rotatable bonds is 7. The third-order valence-corrected chi connectivity index (χ3v) is 5.70. The van der Waals surface area contributed by atoms with Crippen LogP contribution in [0, 0.1) is 0 Å². The van der Waals surface area contributed by atoms with Crippen LogP contribution in [-0.2, 0) is 14.8 Å². The van der Waals surface area contributed by atoms with Gasteiger partial charge in [0.2, 0.25) is 15.9 Å². The van der Waals surface area contributed by atoms with Crippen LogP contribution >= 0.6 is 0 Å². The van der Waals surface area contributed by atoms with Crippen molar-refractivity contribution in [2.24, 2.45) is 0 Å². The van der Waals surface area contributed by atoms with Crippen LogP contribution in [0.3, 0.4) is 0 Å². The number of carbonyl (C=O) groups is 1. The highest BCUT2D eigenvalue weighted by molar-refractivity contribution is 7.89. The zero-order valence-electron chi connectivity index (χ0n) is 16.3. The summed E-state index contributed by atoms with van der Waals surface area (Å²) in [7, 11) is -3.66. The molecule has 0 fully saturated rings. The standard InChI is InChI=1S/C21H28N2O3S/c1-5-10-19(16-11-7-6-8-12-16)20(24)22-17-13-9-14-18(15-17)27(25,26)23-21(2,3)4/h6-9,11-15,19,23H,5,10H2,1-4H3,(H,22,24)/t19-/m1/s1. The molecule has 2 N–H and O–H groups in total. The second-order valence-corrected chi connectivity index (χ2v) is 9.31. The molecule has 0 aromatic heterocycles. The molecule has 1 amide bonds. The summed E-state index contributed by atoms with van der Waals surface area (Å²) in [6, 6.07) is 16.0. The van der Waals surface area contributed by atoms with Crippen LogP contribution in [0.4, 0.5) is 5.69 Å². The van der Waals surface area contributed by atoms with Crippen molar-refractivity contribution >= 4 is 21.6 Å². The van der Waals surface area contributed by atoms with Crippen LogP contribution in [0.15, 0.2) is 59.5 Å². The Morgan fingerprint density at radius 2 is 1.70 bits per heavy atom. The molecular formula is C21H28N2O3S. The van der Waals surface area contributed by atoms with Crippen LogP contribution in [-0.4, -0.2) is 19.9 Å². The van der Waals surface area contributed by atoms with Crippen molar-refractivity contribution in [3.05, 3.63) is 60.2 Å². The van der Waals surface area contributed by atoms with E-state index in [1.165, 1.54) is 12.1 Å². The minimum Gasteiger partial charge on any atom is -0.326 e. The maximum Gasteiger partial charge on any atom is 0.241 e. The van der Waals surface area contributed by atoms with Gasteiger partial charge in [-0.1, -0.05) is 49.7 Å². The zero-order valence-corrected chi connectivity index (χ0v) is 17.1. The minimum absolute atomic E-state index is 0.127. The van der Waals surface area contributed by atoms with Gasteiger partial charge in [0.25, 0.3) is 0 Å². The smallest absolute Gasteiger partial charge is 0.241 e. The molecule has 0 aliphatic carbocycles. The molecule has 0 spiro atoms. The number of carbonyl (C=O) groups excluding carboxylic acids is 1. The Morgan fingerprint density at radius 3 is 2.30 bits per heavy atom. The van der Waals surface area contributed by atoms with Crippen LogP contribution in [0.25, 0.3) is 0 Å². The number of nitrogens with one attached hydrogen (secondary N) is 2. The largest absolute Gasteiger partial charge is 0.326 e. The Hall–Kier alpha value is -2.18. The summed E-state index contributed by atoms with van der Waals surface area (Å²) in [5.41, 5.74) is 0.835. The number of sulfonamides is 1. The molecule has 0 bridgehead atoms. The van der Waals surface area contributed by atoms with E-state index in [0.29, 0.717) is 5.69 Å². The van der Waals surface area contributed by atoms with E-state index in [2.05, 4.69) is 10.0 Å². The van der Waals surface area contributed by atoms with Crippen molar-refractivity contribution in [1.82, 2.24) is 4.72 Å². The van der Waals surface area contributed by atoms with Gasteiger partial charge in [-0.25, -0.2) is 13.1 Å². The van der Waals surface area contributed by atoms with E-state index < -0.39 is 15.6 Å². The lowest BCUT2D eigenvalue weighted by atomic mass is 9.93. The van der Waals surface area contributed by atoms with E-state index in [-0.39, 0.29) is 16.7 Å². The molecule has 0 saturated carbocycles. The fourth-order valence-corrected chi connectivity index (χ4v) is 4.32. The molecule has 2 aromatic carbocycles. The maximum absolute atomic E-state index is 12.8. The summed E-state index contributed by atoms with van der Waals surface area (Å²) in [5.74, 6) is -0.412. The van der Waals surface area contributed by atoms with Gasteiger partial charge in [-0.2, -0.15) is 0 Å². The van der Waals surface area contributed by atoms with Gasteiger partial charge in [0.1, 0.15) is 0 Å². The molecule has 0 saturated heterocycles. The third-order valence-electron chi connectivity index (χ3n) is 3.95. The van der Waals surface area contributed by atoms with Crippen LogP contribution < -0.4 is 10.0 Å². The highest BCUT2D eigenvalue weighted by Gasteiger charge is 2.23. The van der Waals surface area contributed by atoms with Crippen molar-refractivity contribution in [2.45, 2.75) is 56.9 Å². The molecule has 2 rings (SSSR count). The summed E-state index contributed by atoms with van der Waals surface area (Å²) in [6.07, 6.45) is 1.59. The number of amides is 1. The Bertz CT molecular complexity index is 872. The maximum atomic E-state index is 12.8. The van der Waals surface area contributed by atoms with E-state index in [1.807, 2.05) is 37.3 Å². The summed E-state index contributed by atoms with van der Waals surface area (Å²) in [4.78, 5) is 12.9. The van der Waals surface area contributed by atoms with Crippen LogP contribution in [0.2, 0.25) is 0 Å². The molecule has 1 atom stereocenters. The normalized spacial score (nSPS) is 13.2. The molecule has 27 heavy (non-hydrogen) atoms. The molecule has 0 unspecified atom stereocenters. The predicted octanol–water partition coefficient (Wildman–Crippen LogP) is 4.29. The Balaban J connectivity index is 2.23. The van der Waals surface area contributed by atoms with E-state index in [4.69, 9.17) is 0 Å². The van der Waals surface area contributed by atoms with Gasteiger partial charge in [-0.15, -0.1) is 0 Å². The average Bonchev–Trinajstić information content (AvgIpc) is 2.58. The molecular weight excluding hydrogens is 360 g/mol. The van der Waals surface area contributed by atoms with Gasteiger partial charge in [0.15, 0.2) is 0 Å². The molecule has 0 radical (unpaired) electrons. The lowest BCUT2D eigenvalue weighted by Crippen LogP contribution is -2.40. The Labute approximate surface area is 162 Å². The van der Waals surface area contributed by atoms with E-state index in [9.17, 15) is 13.2 Å². The third kappa shape index (κ3) is 6.19. The van der Waals surface area contributed by atoms with Gasteiger partial charge in [-0.3, -0.25) is 4.79 Å². The predicted molar refractivity (Wildman–Crippen MR) is 109 cm³/mol. The van der Waals surface area contributed by atoms with Gasteiger partial charge in [0.05, 0.1) is 10.8 Å². The number of benzene rings is 2. The van der Waals surface area contributed by atoms with E-state index in [1.54, 1.807) is 32.9 Å². The first-order valence-electron chi connectivity index (χ1n) is 9.12. The minimum atomic E-state index is -3.66. The van der Waals surface area contributed by atoms with Gasteiger partial charge >= 0.3 is 0 Å². The highest BCUT2D eigenvalue weighted by atomic mass is 32.2. The number of hydrogen-bond donors (Lipinski definition) is 2. The van der Waals surface area contributed by atoms with E-state index >= 15 is 0 Å². The first-order chi connectivity index (χ1) is 12.6. The summed E-state index contributed by atoms with van der Waals surface area (Å²) in [5, 5.41) is 2.87. The van der Waals surface area contributed by atoms with Crippen molar-refractivity contribution in [2.75, 3.05) is 5.32 Å². The summed E-state index contributed by atoms with van der Waals surface area (Å²) < 4.78 is 27.7. The first-order valence-corrected chi connectivity index (χ1v) is 10.6. The topological polar surface area (TPSA) is 75.3 Å². The quantitative estimate of drug-likeness (QED) is 0.743. The summed E-state index contributed by atoms with van der Waals surface area (Å²) >= 11 is 0. The van der Waals surface area contributed by atoms with Crippen molar-refractivity contribution in [1.29, 1.82) is 0 Å². The summed E-state index contributed by atoms with van der Waals surface area (Å²) in [6.45, 7) is 7.39. The van der Waals surface area contributed by atoms with Crippen molar-refractivity contribution in [3.8, 4) is 0 Å². The van der Waals surface area contributed by atoms with Crippen molar-refractivity contribution in [3.63, 3.8) is 0 Å². The number of anilines is 1. The first kappa shape index (κ1) is 21.1. The second-order valence-electron chi connectivity index (χ2n) is 7.62. The fourth-order valence-electron chi connectivity index (χ4n) is 2.86. The molecule has 0 heterocycles. The highest BCUT2D eigenvalue weighted by Crippen LogP contribution is 2.24. The lowest BCUT2D eigenvalue weighted by molar-refractivity contribution is -0.117. The van der Waals surface area contributed by atoms with Crippen LogP contribution in [0.1, 0.15) is 52.0 Å². The van der Waals surface area contributed by atoms with Gasteiger partial charge in [-0.05, 0) is 51.0 Å². The molecule has 0 aliphatic rings. The fraction of sp³-hybridized carbons (Fsp3) is 0.381. The molecule has 0 aliphatic heterocycles. The Kier molecular flexibility index (Phi) is 6.78.